The summed E-state index contributed by atoms with van der Waals surface area (Å²) < 4.78 is 25.1. The molecule has 0 aliphatic carbocycles. The molecule has 0 saturated carbocycles. The summed E-state index contributed by atoms with van der Waals surface area (Å²) in [4.78, 5) is 3.98. The summed E-state index contributed by atoms with van der Waals surface area (Å²) in [5.74, 6) is 0. The first kappa shape index (κ1) is 8.87. The molecule has 0 fully saturated rings. The van der Waals surface area contributed by atoms with Gasteiger partial charge in [0.15, 0.2) is 0 Å². The van der Waals surface area contributed by atoms with E-state index in [2.05, 4.69) is 9.22 Å². The van der Waals surface area contributed by atoms with Crippen molar-refractivity contribution in [3.8, 4) is 0 Å². The van der Waals surface area contributed by atoms with Gasteiger partial charge in [0, 0.05) is 0 Å². The highest BCUT2D eigenvalue weighted by atomic mass is 32.2. The van der Waals surface area contributed by atoms with Gasteiger partial charge in [0.1, 0.15) is 0 Å². The Bertz CT molecular complexity index is 157. The summed E-state index contributed by atoms with van der Waals surface area (Å²) in [6, 6.07) is 0. The second-order valence-electron chi connectivity index (χ2n) is 1.78. The van der Waals surface area contributed by atoms with Gasteiger partial charge in [-0.15, -0.1) is 4.33 Å². The molecule has 0 unspecified atom stereocenters. The predicted octanol–water partition coefficient (Wildman–Crippen LogP) is 0.303. The highest BCUT2D eigenvalue weighted by Gasteiger charge is 2.16. The van der Waals surface area contributed by atoms with E-state index in [0.29, 0.717) is 0 Å². The van der Waals surface area contributed by atoms with E-state index in [0.717, 1.165) is 7.11 Å². The van der Waals surface area contributed by atoms with Gasteiger partial charge in [0.05, 0.1) is 12.4 Å². The van der Waals surface area contributed by atoms with E-state index in [4.69, 9.17) is 0 Å². The Morgan fingerprint density at radius 2 is 1.78 bits per heavy atom. The Balaban J connectivity index is 4.05. The summed E-state index contributed by atoms with van der Waals surface area (Å²) in [5.41, 5.74) is 0. The fourth-order valence-corrected chi connectivity index (χ4v) is 0.520. The van der Waals surface area contributed by atoms with Gasteiger partial charge in [-0.1, -0.05) is 0 Å². The quantitative estimate of drug-likeness (QED) is 0.433. The maximum absolute atomic E-state index is 10.6. The van der Waals surface area contributed by atoms with Gasteiger partial charge in [-0.2, -0.15) is 8.42 Å². The van der Waals surface area contributed by atoms with Gasteiger partial charge in [-0.25, -0.2) is 4.89 Å². The van der Waals surface area contributed by atoms with Gasteiger partial charge in [-0.3, -0.25) is 0 Å². The van der Waals surface area contributed by atoms with Crippen LogP contribution in [0.15, 0.2) is 0 Å². The second kappa shape index (κ2) is 3.14. The zero-order valence-corrected chi connectivity index (χ0v) is 6.44. The largest absolute Gasteiger partial charge is 0.295 e. The molecule has 0 rings (SSSR count). The van der Waals surface area contributed by atoms with Crippen LogP contribution in [0.4, 0.5) is 0 Å². The number of rotatable bonds is 3. The summed E-state index contributed by atoms with van der Waals surface area (Å²) in [6.07, 6.45) is 0. The van der Waals surface area contributed by atoms with E-state index in [1.807, 2.05) is 0 Å². The van der Waals surface area contributed by atoms with Gasteiger partial charge in [0.25, 0.3) is 10.1 Å². The Hall–Kier alpha value is -0.130. The van der Waals surface area contributed by atoms with Crippen molar-refractivity contribution >= 4 is 10.1 Å². The molecule has 0 atom stereocenters. The molecule has 0 aliphatic heterocycles. The minimum atomic E-state index is -3.47. The smallest absolute Gasteiger partial charge is 0.223 e. The zero-order chi connectivity index (χ0) is 7.49. The molecule has 0 amide bonds. The third-order valence-corrected chi connectivity index (χ3v) is 2.22. The van der Waals surface area contributed by atoms with Crippen LogP contribution >= 0.6 is 0 Å². The minimum absolute atomic E-state index is 0.558. The highest BCUT2D eigenvalue weighted by Crippen LogP contribution is 2.01. The summed E-state index contributed by atoms with van der Waals surface area (Å²) in [5, 5.41) is -0.558. The molecule has 0 aromatic heterocycles. The summed E-state index contributed by atoms with van der Waals surface area (Å²) in [6.45, 7) is 3.02. The van der Waals surface area contributed by atoms with Gasteiger partial charge in [-0.05, 0) is 13.8 Å². The highest BCUT2D eigenvalue weighted by molar-refractivity contribution is 7.87. The van der Waals surface area contributed by atoms with Gasteiger partial charge in [0.2, 0.25) is 0 Å². The van der Waals surface area contributed by atoms with Crippen LogP contribution in [0.3, 0.4) is 0 Å². The van der Waals surface area contributed by atoms with Gasteiger partial charge >= 0.3 is 0 Å². The monoisotopic (exact) mass is 154 g/mol. The summed E-state index contributed by atoms with van der Waals surface area (Å²) >= 11 is 0. The predicted molar refractivity (Wildman–Crippen MR) is 32.1 cm³/mol. The van der Waals surface area contributed by atoms with E-state index in [9.17, 15) is 8.42 Å². The van der Waals surface area contributed by atoms with Crippen LogP contribution in [0, 0.1) is 0 Å². The van der Waals surface area contributed by atoms with Crippen LogP contribution in [0.2, 0.25) is 0 Å². The van der Waals surface area contributed by atoms with E-state index < -0.39 is 15.4 Å². The first-order valence-electron chi connectivity index (χ1n) is 2.47. The lowest BCUT2D eigenvalue weighted by Gasteiger charge is -2.02. The SMILES string of the molecule is COOS(=O)(=O)C(C)C. The molecular formula is C4H10O4S. The molecule has 0 heterocycles. The fraction of sp³-hybridized carbons (Fsp3) is 1.00. The van der Waals surface area contributed by atoms with Crippen molar-refractivity contribution in [2.45, 2.75) is 19.1 Å². The first-order valence-corrected chi connectivity index (χ1v) is 3.94. The van der Waals surface area contributed by atoms with Crippen molar-refractivity contribution in [3.05, 3.63) is 0 Å². The Morgan fingerprint density at radius 3 is 1.89 bits per heavy atom. The van der Waals surface area contributed by atoms with Crippen LogP contribution in [-0.2, 0) is 19.3 Å². The van der Waals surface area contributed by atoms with Crippen LogP contribution in [0.1, 0.15) is 13.8 Å². The van der Waals surface area contributed by atoms with E-state index >= 15 is 0 Å². The molecule has 5 heteroatoms. The van der Waals surface area contributed by atoms with Crippen LogP contribution in [0.25, 0.3) is 0 Å². The van der Waals surface area contributed by atoms with E-state index in [-0.39, 0.29) is 0 Å². The molecule has 9 heavy (non-hydrogen) atoms. The van der Waals surface area contributed by atoms with Crippen molar-refractivity contribution in [2.75, 3.05) is 7.11 Å². The van der Waals surface area contributed by atoms with Crippen molar-refractivity contribution in [2.24, 2.45) is 0 Å². The van der Waals surface area contributed by atoms with Crippen LogP contribution < -0.4 is 0 Å². The lowest BCUT2D eigenvalue weighted by molar-refractivity contribution is -0.172. The molecule has 0 bridgehead atoms. The maximum Gasteiger partial charge on any atom is 0.295 e. The van der Waals surface area contributed by atoms with E-state index in [1.165, 1.54) is 13.8 Å². The lowest BCUT2D eigenvalue weighted by atomic mass is 10.6. The normalized spacial score (nSPS) is 12.4. The average molecular weight is 154 g/mol. The third kappa shape index (κ3) is 2.78. The van der Waals surface area contributed by atoms with Crippen molar-refractivity contribution in [3.63, 3.8) is 0 Å². The van der Waals surface area contributed by atoms with Crippen molar-refractivity contribution < 1.29 is 17.6 Å². The third-order valence-electron chi connectivity index (χ3n) is 0.740. The molecule has 0 spiro atoms. The molecule has 0 aromatic carbocycles. The van der Waals surface area contributed by atoms with Gasteiger partial charge < -0.3 is 0 Å². The zero-order valence-electron chi connectivity index (χ0n) is 5.62. The Morgan fingerprint density at radius 1 is 1.33 bits per heavy atom. The lowest BCUT2D eigenvalue weighted by Crippen LogP contribution is -2.16. The van der Waals surface area contributed by atoms with E-state index in [1.54, 1.807) is 0 Å². The topological polar surface area (TPSA) is 52.6 Å². The molecule has 0 N–H and O–H groups in total. The minimum Gasteiger partial charge on any atom is -0.223 e. The van der Waals surface area contributed by atoms with Crippen LogP contribution in [-0.4, -0.2) is 20.8 Å². The second-order valence-corrected chi connectivity index (χ2v) is 3.84. The maximum atomic E-state index is 10.6. The molecule has 0 saturated heterocycles. The van der Waals surface area contributed by atoms with Crippen molar-refractivity contribution in [1.29, 1.82) is 0 Å². The Labute approximate surface area is 54.8 Å². The van der Waals surface area contributed by atoms with Crippen molar-refractivity contribution in [1.82, 2.24) is 0 Å². The van der Waals surface area contributed by atoms with Crippen LogP contribution in [0.5, 0.6) is 0 Å². The molecule has 0 aromatic rings. The summed E-state index contributed by atoms with van der Waals surface area (Å²) in [7, 11) is -2.32. The molecule has 4 nitrogen and oxygen atoms in total. The molecule has 0 radical (unpaired) electrons. The number of hydrogen-bond donors (Lipinski definition) is 0. The standard InChI is InChI=1S/C4H10O4S/c1-4(2)9(5,6)8-7-3/h4H,1-3H3. The fourth-order valence-electron chi connectivity index (χ4n) is 0.173. The number of hydrogen-bond acceptors (Lipinski definition) is 4. The molecular weight excluding hydrogens is 144 g/mol. The Kier molecular flexibility index (Phi) is 3.10. The molecule has 56 valence electrons. The average Bonchev–Trinajstić information content (AvgIpc) is 1.65. The molecule has 0 aliphatic rings. The first-order chi connectivity index (χ1) is 4.00.